The molecule has 6 heteroatoms. The van der Waals surface area contributed by atoms with Crippen LogP contribution in [0.5, 0.6) is 0 Å². The minimum atomic E-state index is -0.784. The van der Waals surface area contributed by atoms with E-state index in [2.05, 4.69) is 38.2 Å². The quantitative estimate of drug-likeness (QED) is 0.0321. The number of unbranched alkanes of at least 4 members (excludes halogenated alkanes) is 39. The van der Waals surface area contributed by atoms with E-state index in [-0.39, 0.29) is 24.9 Å². The van der Waals surface area contributed by atoms with Gasteiger partial charge >= 0.3 is 5.97 Å². The smallest absolute Gasteiger partial charge is 0.306 e. The second-order valence-corrected chi connectivity index (χ2v) is 20.1. The van der Waals surface area contributed by atoms with Gasteiger partial charge in [0, 0.05) is 6.42 Å². The molecular formula is C58H113NO5. The lowest BCUT2D eigenvalue weighted by Crippen LogP contribution is -2.46. The minimum absolute atomic E-state index is 0.0793. The van der Waals surface area contributed by atoms with Gasteiger partial charge in [-0.25, -0.2) is 0 Å². The van der Waals surface area contributed by atoms with Crippen LogP contribution in [0.4, 0.5) is 0 Å². The van der Waals surface area contributed by atoms with Gasteiger partial charge in [0.2, 0.25) is 5.91 Å². The Kier molecular flexibility index (Phi) is 51.4. The topological polar surface area (TPSA) is 95.9 Å². The number of amides is 1. The molecule has 0 aromatic rings. The highest BCUT2D eigenvalue weighted by Gasteiger charge is 2.24. The van der Waals surface area contributed by atoms with E-state index in [1.54, 1.807) is 0 Å². The Hall–Kier alpha value is -1.40. The van der Waals surface area contributed by atoms with Gasteiger partial charge in [-0.05, 0) is 51.4 Å². The zero-order chi connectivity index (χ0) is 46.7. The normalized spacial score (nSPS) is 13.1. The third kappa shape index (κ3) is 47.1. The van der Waals surface area contributed by atoms with Crippen LogP contribution in [0.1, 0.15) is 323 Å². The molecule has 0 spiro atoms. The van der Waals surface area contributed by atoms with E-state index in [1.807, 2.05) is 0 Å². The molecule has 1 amide bonds. The van der Waals surface area contributed by atoms with Crippen molar-refractivity contribution in [2.45, 2.75) is 341 Å². The number of carbonyl (C=O) groups excluding carboxylic acids is 2. The van der Waals surface area contributed by atoms with Crippen molar-refractivity contribution in [3.8, 4) is 0 Å². The van der Waals surface area contributed by atoms with E-state index in [4.69, 9.17) is 4.74 Å². The van der Waals surface area contributed by atoms with Crippen molar-refractivity contribution in [1.29, 1.82) is 0 Å². The van der Waals surface area contributed by atoms with Crippen LogP contribution in [0.2, 0.25) is 0 Å². The van der Waals surface area contributed by atoms with E-state index >= 15 is 0 Å². The summed E-state index contributed by atoms with van der Waals surface area (Å²) >= 11 is 0. The first-order valence-electron chi connectivity index (χ1n) is 28.9. The number of rotatable bonds is 53. The molecule has 0 rings (SSSR count). The molecule has 0 radical (unpaired) electrons. The van der Waals surface area contributed by atoms with Gasteiger partial charge in [-0.1, -0.05) is 270 Å². The lowest BCUT2D eigenvalue weighted by molar-refractivity contribution is -0.151. The monoisotopic (exact) mass is 904 g/mol. The summed E-state index contributed by atoms with van der Waals surface area (Å²) in [6.45, 7) is 6.51. The minimum Gasteiger partial charge on any atom is -0.462 e. The molecule has 64 heavy (non-hydrogen) atoms. The van der Waals surface area contributed by atoms with Crippen molar-refractivity contribution >= 4 is 11.9 Å². The summed E-state index contributed by atoms with van der Waals surface area (Å²) in [6, 6.07) is -0.698. The fourth-order valence-electron chi connectivity index (χ4n) is 9.19. The standard InChI is InChI=1S/C58H113NO5/c1-4-7-10-13-16-19-22-25-26-27-28-29-30-33-36-39-42-45-48-51-58(63)64-54(49-46-43-40-37-34-31-23-20-17-14-11-8-5-2)52-57(62)59-55(53-60)56(61)50-47-44-41-38-35-32-24-21-18-15-12-9-6-3/h20,23,54-56,60-61H,4-19,21-22,24-53H2,1-3H3,(H,59,62)/b23-20-. The van der Waals surface area contributed by atoms with Gasteiger partial charge < -0.3 is 20.3 Å². The zero-order valence-electron chi connectivity index (χ0n) is 43.4. The van der Waals surface area contributed by atoms with Crippen molar-refractivity contribution in [3.05, 3.63) is 12.2 Å². The second-order valence-electron chi connectivity index (χ2n) is 20.1. The van der Waals surface area contributed by atoms with Gasteiger partial charge in [0.25, 0.3) is 0 Å². The first-order valence-corrected chi connectivity index (χ1v) is 28.9. The SMILES string of the molecule is CCCCCC/C=C\CCCCCCCC(CC(=O)NC(CO)C(O)CCCCCCCCCCCCCCC)OC(=O)CCCCCCCCCCCCCCCCCCCCC. The summed E-state index contributed by atoms with van der Waals surface area (Å²) < 4.78 is 5.96. The maximum atomic E-state index is 13.2. The van der Waals surface area contributed by atoms with Crippen LogP contribution in [0.15, 0.2) is 12.2 Å². The highest BCUT2D eigenvalue weighted by molar-refractivity contribution is 5.77. The Labute approximate surface area is 399 Å². The first kappa shape index (κ1) is 62.6. The number of aliphatic hydroxyl groups is 2. The van der Waals surface area contributed by atoms with Crippen LogP contribution < -0.4 is 5.32 Å². The van der Waals surface area contributed by atoms with Gasteiger partial charge in [-0.3, -0.25) is 9.59 Å². The molecule has 0 aromatic heterocycles. The van der Waals surface area contributed by atoms with Crippen molar-refractivity contribution in [2.24, 2.45) is 0 Å². The van der Waals surface area contributed by atoms with Gasteiger partial charge in [-0.15, -0.1) is 0 Å². The largest absolute Gasteiger partial charge is 0.462 e. The van der Waals surface area contributed by atoms with Crippen molar-refractivity contribution in [1.82, 2.24) is 5.32 Å². The van der Waals surface area contributed by atoms with Gasteiger partial charge in [-0.2, -0.15) is 0 Å². The molecule has 0 heterocycles. The predicted octanol–water partition coefficient (Wildman–Crippen LogP) is 17.7. The lowest BCUT2D eigenvalue weighted by Gasteiger charge is -2.24. The number of nitrogens with one attached hydrogen (secondary N) is 1. The Bertz CT molecular complexity index is 970. The Morgan fingerprint density at radius 1 is 0.438 bits per heavy atom. The molecule has 0 aliphatic carbocycles. The van der Waals surface area contributed by atoms with Crippen LogP contribution in [-0.2, 0) is 14.3 Å². The van der Waals surface area contributed by atoms with Gasteiger partial charge in [0.15, 0.2) is 0 Å². The first-order chi connectivity index (χ1) is 31.5. The number of carbonyl (C=O) groups is 2. The van der Waals surface area contributed by atoms with E-state index in [1.165, 1.54) is 218 Å². The number of aliphatic hydroxyl groups excluding tert-OH is 2. The molecule has 3 N–H and O–H groups in total. The summed E-state index contributed by atoms with van der Waals surface area (Å²) in [5, 5.41) is 23.8. The van der Waals surface area contributed by atoms with Crippen LogP contribution >= 0.6 is 0 Å². The summed E-state index contributed by atoms with van der Waals surface area (Å²) in [7, 11) is 0. The van der Waals surface area contributed by atoms with E-state index in [9.17, 15) is 19.8 Å². The second kappa shape index (κ2) is 52.6. The maximum Gasteiger partial charge on any atom is 0.306 e. The molecule has 3 atom stereocenters. The van der Waals surface area contributed by atoms with Crippen LogP contribution in [-0.4, -0.2) is 46.9 Å². The maximum absolute atomic E-state index is 13.2. The van der Waals surface area contributed by atoms with Crippen molar-refractivity contribution in [2.75, 3.05) is 6.61 Å². The van der Waals surface area contributed by atoms with Gasteiger partial charge in [0.05, 0.1) is 25.2 Å². The third-order valence-electron chi connectivity index (χ3n) is 13.6. The summed E-state index contributed by atoms with van der Waals surface area (Å²) in [5.41, 5.74) is 0. The molecule has 6 nitrogen and oxygen atoms in total. The Morgan fingerprint density at radius 2 is 0.750 bits per heavy atom. The molecule has 0 fully saturated rings. The van der Waals surface area contributed by atoms with Gasteiger partial charge in [0.1, 0.15) is 6.10 Å². The molecule has 0 saturated carbocycles. The molecule has 380 valence electrons. The molecule has 0 saturated heterocycles. The molecule has 0 aliphatic rings. The average molecular weight is 905 g/mol. The molecular weight excluding hydrogens is 791 g/mol. The van der Waals surface area contributed by atoms with Crippen molar-refractivity contribution < 1.29 is 24.5 Å². The third-order valence-corrected chi connectivity index (χ3v) is 13.6. The van der Waals surface area contributed by atoms with E-state index < -0.39 is 18.2 Å². The highest BCUT2D eigenvalue weighted by atomic mass is 16.5. The summed E-state index contributed by atoms with van der Waals surface area (Å²) in [5.74, 6) is -0.460. The molecule has 0 aromatic carbocycles. The zero-order valence-corrected chi connectivity index (χ0v) is 43.4. The van der Waals surface area contributed by atoms with Crippen LogP contribution in [0, 0.1) is 0 Å². The number of allylic oxidation sites excluding steroid dienone is 2. The number of hydrogen-bond acceptors (Lipinski definition) is 5. The highest BCUT2D eigenvalue weighted by Crippen LogP contribution is 2.19. The number of ether oxygens (including phenoxy) is 1. The van der Waals surface area contributed by atoms with E-state index in [0.29, 0.717) is 19.3 Å². The molecule has 0 aliphatic heterocycles. The Morgan fingerprint density at radius 3 is 1.12 bits per heavy atom. The number of hydrogen-bond donors (Lipinski definition) is 3. The van der Waals surface area contributed by atoms with Crippen LogP contribution in [0.25, 0.3) is 0 Å². The lowest BCUT2D eigenvalue weighted by atomic mass is 10.0. The van der Waals surface area contributed by atoms with E-state index in [0.717, 1.165) is 57.8 Å². The molecule has 3 unspecified atom stereocenters. The average Bonchev–Trinajstić information content (AvgIpc) is 3.29. The fraction of sp³-hybridized carbons (Fsp3) is 0.931. The fourth-order valence-corrected chi connectivity index (χ4v) is 9.19. The van der Waals surface area contributed by atoms with Crippen molar-refractivity contribution in [3.63, 3.8) is 0 Å². The summed E-state index contributed by atoms with van der Waals surface area (Å²) in [4.78, 5) is 26.2. The predicted molar refractivity (Wildman–Crippen MR) is 278 cm³/mol. The van der Waals surface area contributed by atoms with Crippen LogP contribution in [0.3, 0.4) is 0 Å². The molecule has 0 bridgehead atoms. The summed E-state index contributed by atoms with van der Waals surface area (Å²) in [6.07, 6.45) is 59.9. The number of esters is 1. The Balaban J connectivity index is 4.46.